The van der Waals surface area contributed by atoms with Gasteiger partial charge in [0.15, 0.2) is 0 Å². The number of hydrogen-bond acceptors (Lipinski definition) is 3. The van der Waals surface area contributed by atoms with Gasteiger partial charge in [-0.05, 0) is 113 Å². The van der Waals surface area contributed by atoms with E-state index in [4.69, 9.17) is 0 Å². The molecule has 0 spiro atoms. The van der Waals surface area contributed by atoms with Crippen LogP contribution in [-0.4, -0.2) is 11.1 Å². The van der Waals surface area contributed by atoms with E-state index in [0.29, 0.717) is 11.3 Å². The molecule has 1 N–H and O–H groups in total. The van der Waals surface area contributed by atoms with Crippen molar-refractivity contribution >= 4 is 61.9 Å². The first-order valence-corrected chi connectivity index (χ1v) is 19.3. The number of hydrogen-bond donors (Lipinski definition) is 1. The zero-order chi connectivity index (χ0) is 35.0. The monoisotopic (exact) mass is 691 g/mol. The second-order valence-electron chi connectivity index (χ2n) is 13.6. The Morgan fingerprint density at radius 1 is 0.712 bits per heavy atom. The Kier molecular flexibility index (Phi) is 8.54. The summed E-state index contributed by atoms with van der Waals surface area (Å²) in [5, 5.41) is 9.15. The van der Waals surface area contributed by atoms with Crippen LogP contribution in [0.5, 0.6) is 0 Å². The van der Waals surface area contributed by atoms with Crippen LogP contribution in [0.15, 0.2) is 169 Å². The molecule has 0 fully saturated rings. The summed E-state index contributed by atoms with van der Waals surface area (Å²) in [6.45, 7) is 5.25. The second kappa shape index (κ2) is 13.8. The Morgan fingerprint density at radius 3 is 2.06 bits per heavy atom. The van der Waals surface area contributed by atoms with E-state index < -0.39 is 0 Å². The molecule has 3 nitrogen and oxygen atoms in total. The van der Waals surface area contributed by atoms with Crippen molar-refractivity contribution in [2.45, 2.75) is 31.6 Å². The molecule has 0 amide bonds. The van der Waals surface area contributed by atoms with Crippen LogP contribution in [0.1, 0.15) is 48.3 Å². The van der Waals surface area contributed by atoms with E-state index in [1.807, 2.05) is 11.8 Å². The van der Waals surface area contributed by atoms with Crippen LogP contribution in [0.4, 0.5) is 17.1 Å². The summed E-state index contributed by atoms with van der Waals surface area (Å²) < 4.78 is 2.58. The lowest BCUT2D eigenvalue weighted by molar-refractivity contribution is 0.713. The average molecular weight is 692 g/mol. The summed E-state index contributed by atoms with van der Waals surface area (Å²) in [4.78, 5) is 2.30. The van der Waals surface area contributed by atoms with Crippen molar-refractivity contribution in [1.82, 2.24) is 9.88 Å². The number of aromatic nitrogens is 1. The molecule has 0 radical (unpaired) electrons. The van der Waals surface area contributed by atoms with Crippen molar-refractivity contribution in [2.24, 2.45) is 0 Å². The van der Waals surface area contributed by atoms with Crippen LogP contribution in [0.3, 0.4) is 0 Å². The number of nitrogens with one attached hydrogen (secondary N) is 1. The second-order valence-corrected chi connectivity index (χ2v) is 14.6. The molecule has 6 aromatic carbocycles. The number of para-hydroxylation sites is 3. The molecule has 7 aromatic rings. The highest BCUT2D eigenvalue weighted by Crippen LogP contribution is 2.56. The number of allylic oxidation sites excluding steroid dienone is 4. The van der Waals surface area contributed by atoms with Gasteiger partial charge in [0.1, 0.15) is 0 Å². The molecule has 1 aromatic heterocycles. The van der Waals surface area contributed by atoms with Crippen LogP contribution < -0.4 is 10.2 Å². The zero-order valence-corrected chi connectivity index (χ0v) is 30.4. The molecule has 0 saturated carbocycles. The fraction of sp³-hybridized carbons (Fsp3) is 0.125. The van der Waals surface area contributed by atoms with Gasteiger partial charge >= 0.3 is 0 Å². The minimum Gasteiger partial charge on any atom is -0.385 e. The quantitative estimate of drug-likeness (QED) is 0.144. The molecule has 0 saturated heterocycles. The normalized spacial score (nSPS) is 16.5. The first-order chi connectivity index (χ1) is 25.7. The van der Waals surface area contributed by atoms with Gasteiger partial charge in [0.05, 0.1) is 16.4 Å². The highest BCUT2D eigenvalue weighted by molar-refractivity contribution is 8.02. The summed E-state index contributed by atoms with van der Waals surface area (Å²) in [7, 11) is 0. The standard InChI is InChI=1S/C48H41N3S/c1-3-28-49-45(32-33(4-2)34-23-25-40(26-24-34)50(38-13-7-5-8-14-38)39-15-9-6-10-16-39)36-21-19-35(20-22-36)37-30-43-41-17-11-12-18-46(41)51-47(43)44(31-37)42-27-29-52-48(42)51/h4-27,29-32,42,48-49H,3,28H2,1-2H3/b33-4-,45-32-. The number of rotatable bonds is 10. The van der Waals surface area contributed by atoms with Gasteiger partial charge in [0.2, 0.25) is 0 Å². The predicted molar refractivity (Wildman–Crippen MR) is 224 cm³/mol. The molecule has 2 aliphatic heterocycles. The van der Waals surface area contributed by atoms with E-state index in [2.05, 4.69) is 198 Å². The maximum Gasteiger partial charge on any atom is 0.0943 e. The van der Waals surface area contributed by atoms with Gasteiger partial charge in [-0.15, -0.1) is 11.8 Å². The third-order valence-electron chi connectivity index (χ3n) is 10.5. The Labute approximate surface area is 310 Å². The van der Waals surface area contributed by atoms with Gasteiger partial charge in [0.25, 0.3) is 0 Å². The molecule has 52 heavy (non-hydrogen) atoms. The average Bonchev–Trinajstić information content (AvgIpc) is 3.90. The molecule has 2 atom stereocenters. The number of benzene rings is 6. The Bertz CT molecular complexity index is 2430. The van der Waals surface area contributed by atoms with Crippen LogP contribution in [0, 0.1) is 0 Å². The van der Waals surface area contributed by atoms with E-state index in [9.17, 15) is 0 Å². The van der Waals surface area contributed by atoms with Crippen LogP contribution in [-0.2, 0) is 0 Å². The van der Waals surface area contributed by atoms with Gasteiger partial charge in [-0.3, -0.25) is 0 Å². The van der Waals surface area contributed by atoms with E-state index >= 15 is 0 Å². The molecule has 0 bridgehead atoms. The van der Waals surface area contributed by atoms with Gasteiger partial charge in [-0.1, -0.05) is 110 Å². The largest absolute Gasteiger partial charge is 0.385 e. The summed E-state index contributed by atoms with van der Waals surface area (Å²) in [6, 6.07) is 52.9. The maximum atomic E-state index is 3.74. The van der Waals surface area contributed by atoms with Crippen LogP contribution in [0.25, 0.3) is 44.2 Å². The SMILES string of the molecule is C/C=C(/C=C(\NCCC)c1ccc(-c2cc3c4c(c2)c2ccccc2n4C2SC=CC32)cc1)c1ccc(N(c2ccccc2)c2ccccc2)cc1. The highest BCUT2D eigenvalue weighted by Gasteiger charge is 2.37. The van der Waals surface area contributed by atoms with Gasteiger partial charge in [0, 0.05) is 46.0 Å². The van der Waals surface area contributed by atoms with Crippen molar-refractivity contribution in [3.8, 4) is 11.1 Å². The molecule has 254 valence electrons. The first kappa shape index (κ1) is 32.2. The Hall–Kier alpha value is -5.71. The number of thioether (sulfide) groups is 1. The molecular formula is C48H41N3S. The number of fused-ring (bicyclic) bond motifs is 6. The van der Waals surface area contributed by atoms with Gasteiger partial charge in [-0.2, -0.15) is 0 Å². The third-order valence-corrected chi connectivity index (χ3v) is 11.5. The lowest BCUT2D eigenvalue weighted by Gasteiger charge is -2.25. The number of nitrogens with zero attached hydrogens (tertiary/aromatic N) is 2. The fourth-order valence-electron chi connectivity index (χ4n) is 7.95. The minimum atomic E-state index is 0.413. The summed E-state index contributed by atoms with van der Waals surface area (Å²) in [5.41, 5.74) is 14.8. The predicted octanol–water partition coefficient (Wildman–Crippen LogP) is 13.2. The fourth-order valence-corrected chi connectivity index (χ4v) is 9.12. The minimum absolute atomic E-state index is 0.413. The highest BCUT2D eigenvalue weighted by atomic mass is 32.2. The van der Waals surface area contributed by atoms with Crippen molar-refractivity contribution in [2.75, 3.05) is 11.4 Å². The molecule has 2 unspecified atom stereocenters. The van der Waals surface area contributed by atoms with E-state index in [0.717, 1.165) is 35.7 Å². The summed E-state index contributed by atoms with van der Waals surface area (Å²) in [5.74, 6) is 0.423. The molecular weight excluding hydrogens is 651 g/mol. The molecule has 3 heterocycles. The lowest BCUT2D eigenvalue weighted by atomic mass is 9.93. The van der Waals surface area contributed by atoms with Crippen molar-refractivity contribution < 1.29 is 0 Å². The van der Waals surface area contributed by atoms with E-state index in [1.165, 1.54) is 55.2 Å². The van der Waals surface area contributed by atoms with Crippen molar-refractivity contribution in [1.29, 1.82) is 0 Å². The summed E-state index contributed by atoms with van der Waals surface area (Å²) in [6.07, 6.45) is 7.96. The Morgan fingerprint density at radius 2 is 1.37 bits per heavy atom. The topological polar surface area (TPSA) is 20.2 Å². The molecule has 2 aliphatic rings. The Balaban J connectivity index is 1.04. The van der Waals surface area contributed by atoms with Crippen molar-refractivity contribution in [3.05, 3.63) is 186 Å². The molecule has 0 aliphatic carbocycles. The maximum absolute atomic E-state index is 3.74. The lowest BCUT2D eigenvalue weighted by Crippen LogP contribution is -2.13. The van der Waals surface area contributed by atoms with Gasteiger partial charge < -0.3 is 14.8 Å². The molecule has 9 rings (SSSR count). The first-order valence-electron chi connectivity index (χ1n) is 18.3. The zero-order valence-electron chi connectivity index (χ0n) is 29.5. The summed E-state index contributed by atoms with van der Waals surface area (Å²) >= 11 is 1.94. The van der Waals surface area contributed by atoms with Gasteiger partial charge in [-0.25, -0.2) is 0 Å². The number of anilines is 3. The molecule has 4 heteroatoms. The van der Waals surface area contributed by atoms with E-state index in [1.54, 1.807) is 0 Å². The van der Waals surface area contributed by atoms with Crippen molar-refractivity contribution in [3.63, 3.8) is 0 Å². The van der Waals surface area contributed by atoms with Crippen LogP contribution in [0.2, 0.25) is 0 Å². The third kappa shape index (κ3) is 5.64. The van der Waals surface area contributed by atoms with Crippen LogP contribution >= 0.6 is 11.8 Å². The smallest absolute Gasteiger partial charge is 0.0943 e. The van der Waals surface area contributed by atoms with E-state index in [-0.39, 0.29) is 0 Å².